The second-order valence-corrected chi connectivity index (χ2v) is 8.30. The molecule has 1 fully saturated rings. The van der Waals surface area contributed by atoms with Gasteiger partial charge in [0.2, 0.25) is 0 Å². The van der Waals surface area contributed by atoms with Crippen molar-refractivity contribution in [2.75, 3.05) is 50.3 Å². The number of benzene rings is 3. The first-order valence-corrected chi connectivity index (χ1v) is 11.4. The van der Waals surface area contributed by atoms with E-state index < -0.39 is 0 Å². The number of anilines is 2. The molecule has 0 radical (unpaired) electrons. The summed E-state index contributed by atoms with van der Waals surface area (Å²) in [6.07, 6.45) is 1.04. The van der Waals surface area contributed by atoms with Crippen molar-refractivity contribution < 1.29 is 0 Å². The lowest BCUT2D eigenvalue weighted by Crippen LogP contribution is -2.48. The topological polar surface area (TPSA) is 44.5 Å². The number of nitrogens with zero attached hydrogens (tertiary/aromatic N) is 2. The second-order valence-electron chi connectivity index (χ2n) is 8.30. The molecule has 0 aliphatic carbocycles. The smallest absolute Gasteiger partial charge is 0.0602 e. The predicted molar refractivity (Wildman–Crippen MR) is 131 cm³/mol. The lowest BCUT2D eigenvalue weighted by Gasteiger charge is -2.40. The Morgan fingerprint density at radius 3 is 2.00 bits per heavy atom. The molecule has 0 aromatic heterocycles. The molecule has 162 valence electrons. The molecule has 0 atom stereocenters. The lowest BCUT2D eigenvalue weighted by atomic mass is 9.96. The molecular formula is C27H34N4. The van der Waals surface area contributed by atoms with Gasteiger partial charge in [0.1, 0.15) is 0 Å². The van der Waals surface area contributed by atoms with Gasteiger partial charge in [-0.2, -0.15) is 0 Å². The quantitative estimate of drug-likeness (QED) is 0.527. The van der Waals surface area contributed by atoms with Gasteiger partial charge in [-0.25, -0.2) is 0 Å². The highest BCUT2D eigenvalue weighted by atomic mass is 15.3. The molecule has 0 amide bonds. The number of nitrogen functional groups attached to an aromatic ring is 1. The highest BCUT2D eigenvalue weighted by molar-refractivity contribution is 5.66. The van der Waals surface area contributed by atoms with E-state index in [4.69, 9.17) is 5.73 Å². The van der Waals surface area contributed by atoms with Crippen molar-refractivity contribution in [2.45, 2.75) is 19.4 Å². The van der Waals surface area contributed by atoms with E-state index >= 15 is 0 Å². The van der Waals surface area contributed by atoms with Gasteiger partial charge in [0.15, 0.2) is 0 Å². The number of rotatable bonds is 8. The van der Waals surface area contributed by atoms with E-state index in [0.717, 1.165) is 57.1 Å². The zero-order valence-corrected chi connectivity index (χ0v) is 18.5. The van der Waals surface area contributed by atoms with Crippen molar-refractivity contribution in [1.29, 1.82) is 0 Å². The van der Waals surface area contributed by atoms with Gasteiger partial charge < -0.3 is 16.0 Å². The third-order valence-electron chi connectivity index (χ3n) is 6.20. The van der Waals surface area contributed by atoms with Crippen LogP contribution in [0.3, 0.4) is 0 Å². The van der Waals surface area contributed by atoms with Crippen LogP contribution in [-0.2, 0) is 6.42 Å². The van der Waals surface area contributed by atoms with Crippen LogP contribution in [0.1, 0.15) is 29.7 Å². The van der Waals surface area contributed by atoms with Crippen molar-refractivity contribution >= 4 is 11.4 Å². The molecule has 4 nitrogen and oxygen atoms in total. The summed E-state index contributed by atoms with van der Waals surface area (Å²) in [6, 6.07) is 28.6. The molecule has 0 saturated carbocycles. The summed E-state index contributed by atoms with van der Waals surface area (Å²) in [5.41, 5.74) is 12.1. The first kappa shape index (κ1) is 21.4. The molecule has 0 spiro atoms. The van der Waals surface area contributed by atoms with E-state index in [1.165, 1.54) is 16.7 Å². The van der Waals surface area contributed by atoms with Crippen LogP contribution in [0.4, 0.5) is 11.4 Å². The Bertz CT molecular complexity index is 894. The Morgan fingerprint density at radius 1 is 0.839 bits per heavy atom. The largest absolute Gasteiger partial charge is 0.397 e. The Hall–Kier alpha value is -2.82. The molecule has 1 heterocycles. The third kappa shape index (κ3) is 5.46. The number of piperazine rings is 1. The van der Waals surface area contributed by atoms with Gasteiger partial charge in [0.25, 0.3) is 0 Å². The molecule has 3 N–H and O–H groups in total. The van der Waals surface area contributed by atoms with Crippen molar-refractivity contribution in [3.05, 3.63) is 95.6 Å². The van der Waals surface area contributed by atoms with Gasteiger partial charge in [-0.1, -0.05) is 66.7 Å². The molecule has 4 heteroatoms. The zero-order valence-electron chi connectivity index (χ0n) is 18.5. The molecule has 31 heavy (non-hydrogen) atoms. The van der Waals surface area contributed by atoms with Gasteiger partial charge in [-0.3, -0.25) is 4.90 Å². The normalized spacial score (nSPS) is 15.3. The average Bonchev–Trinajstić information content (AvgIpc) is 2.82. The summed E-state index contributed by atoms with van der Waals surface area (Å²) in [7, 11) is 0. The van der Waals surface area contributed by atoms with Crippen LogP contribution < -0.4 is 11.1 Å². The van der Waals surface area contributed by atoms with Crippen LogP contribution in [0.2, 0.25) is 0 Å². The van der Waals surface area contributed by atoms with Gasteiger partial charge in [-0.15, -0.1) is 0 Å². The molecule has 1 saturated heterocycles. The van der Waals surface area contributed by atoms with E-state index in [1.54, 1.807) is 0 Å². The minimum atomic E-state index is 0.322. The fourth-order valence-corrected chi connectivity index (χ4v) is 4.54. The van der Waals surface area contributed by atoms with Crippen LogP contribution in [0.25, 0.3) is 0 Å². The van der Waals surface area contributed by atoms with Crippen molar-refractivity contribution in [2.24, 2.45) is 0 Å². The fraction of sp³-hybridized carbons (Fsp3) is 0.333. The van der Waals surface area contributed by atoms with Crippen LogP contribution in [-0.4, -0.2) is 49.1 Å². The monoisotopic (exact) mass is 414 g/mol. The first-order valence-electron chi connectivity index (χ1n) is 11.4. The molecule has 3 aromatic rings. The first-order chi connectivity index (χ1) is 15.2. The summed E-state index contributed by atoms with van der Waals surface area (Å²) in [5.74, 6) is 0. The van der Waals surface area contributed by atoms with Crippen LogP contribution in [0.15, 0.2) is 78.9 Å². The molecule has 0 bridgehead atoms. The van der Waals surface area contributed by atoms with Crippen LogP contribution >= 0.6 is 0 Å². The van der Waals surface area contributed by atoms with Crippen molar-refractivity contribution in [3.63, 3.8) is 0 Å². The Kier molecular flexibility index (Phi) is 7.23. The Labute approximate surface area is 186 Å². The maximum atomic E-state index is 6.20. The summed E-state index contributed by atoms with van der Waals surface area (Å²) in [4.78, 5) is 5.21. The number of hydrogen-bond donors (Lipinski definition) is 2. The molecule has 3 aromatic carbocycles. The van der Waals surface area contributed by atoms with Crippen LogP contribution in [0.5, 0.6) is 0 Å². The summed E-state index contributed by atoms with van der Waals surface area (Å²) >= 11 is 0. The number of hydrogen-bond acceptors (Lipinski definition) is 4. The number of nitrogens with one attached hydrogen (secondary N) is 1. The van der Waals surface area contributed by atoms with Gasteiger partial charge >= 0.3 is 0 Å². The van der Waals surface area contributed by atoms with Gasteiger partial charge in [0, 0.05) is 39.3 Å². The third-order valence-corrected chi connectivity index (χ3v) is 6.20. The average molecular weight is 415 g/mol. The summed E-state index contributed by atoms with van der Waals surface area (Å²) in [6.45, 7) is 8.41. The van der Waals surface area contributed by atoms with Crippen molar-refractivity contribution in [1.82, 2.24) is 9.80 Å². The van der Waals surface area contributed by atoms with E-state index in [2.05, 4.69) is 101 Å². The molecule has 4 rings (SSSR count). The Morgan fingerprint density at radius 2 is 1.45 bits per heavy atom. The minimum Gasteiger partial charge on any atom is -0.397 e. The molecule has 1 aliphatic rings. The SMILES string of the molecule is CCNc1ccc(CCN2CCN(C(c3ccccc3)c3ccccc3)CC2)cc1N. The number of nitrogens with two attached hydrogens (primary N) is 1. The lowest BCUT2D eigenvalue weighted by molar-refractivity contribution is 0.110. The van der Waals surface area contributed by atoms with Gasteiger partial charge in [0.05, 0.1) is 17.4 Å². The van der Waals surface area contributed by atoms with E-state index in [-0.39, 0.29) is 0 Å². The fourth-order valence-electron chi connectivity index (χ4n) is 4.54. The van der Waals surface area contributed by atoms with Crippen LogP contribution in [0, 0.1) is 0 Å². The maximum absolute atomic E-state index is 6.20. The maximum Gasteiger partial charge on any atom is 0.0602 e. The highest BCUT2D eigenvalue weighted by Gasteiger charge is 2.26. The molecular weight excluding hydrogens is 380 g/mol. The second kappa shape index (κ2) is 10.5. The predicted octanol–water partition coefficient (Wildman–Crippen LogP) is 4.65. The standard InChI is InChI=1S/C27H34N4/c1-2-29-26-14-13-22(21-25(26)28)15-16-30-17-19-31(20-18-30)27(23-9-5-3-6-10-23)24-11-7-4-8-12-24/h3-14,21,27,29H,2,15-20,28H2,1H3. The molecule has 1 aliphatic heterocycles. The highest BCUT2D eigenvalue weighted by Crippen LogP contribution is 2.29. The zero-order chi connectivity index (χ0) is 21.5. The summed E-state index contributed by atoms with van der Waals surface area (Å²) in [5, 5.41) is 3.31. The minimum absolute atomic E-state index is 0.322. The van der Waals surface area contributed by atoms with E-state index in [0.29, 0.717) is 6.04 Å². The molecule has 0 unspecified atom stereocenters. The summed E-state index contributed by atoms with van der Waals surface area (Å²) < 4.78 is 0. The Balaban J connectivity index is 1.36. The van der Waals surface area contributed by atoms with E-state index in [1.807, 2.05) is 0 Å². The van der Waals surface area contributed by atoms with Crippen molar-refractivity contribution in [3.8, 4) is 0 Å². The van der Waals surface area contributed by atoms with E-state index in [9.17, 15) is 0 Å². The van der Waals surface area contributed by atoms with Gasteiger partial charge in [-0.05, 0) is 42.2 Å².